The van der Waals surface area contributed by atoms with Gasteiger partial charge in [-0.2, -0.15) is 4.31 Å². The molecule has 2 fully saturated rings. The molecule has 2 aromatic carbocycles. The van der Waals surface area contributed by atoms with Crippen molar-refractivity contribution < 1.29 is 32.2 Å². The van der Waals surface area contributed by atoms with Crippen molar-refractivity contribution in [1.82, 2.24) is 4.31 Å². The van der Waals surface area contributed by atoms with Gasteiger partial charge >= 0.3 is 0 Å². The molecule has 2 saturated heterocycles. The van der Waals surface area contributed by atoms with Crippen LogP contribution in [0.15, 0.2) is 35.2 Å². The summed E-state index contributed by atoms with van der Waals surface area (Å²) in [5.41, 5.74) is 1.34. The second kappa shape index (κ2) is 11.4. The molecule has 1 N–H and O–H groups in total. The average molecular weight is 520 g/mol. The van der Waals surface area contributed by atoms with Gasteiger partial charge < -0.3 is 29.2 Å². The summed E-state index contributed by atoms with van der Waals surface area (Å²) in [6.45, 7) is 3.23. The molecule has 0 aromatic heterocycles. The van der Waals surface area contributed by atoms with Crippen LogP contribution in [-0.2, 0) is 14.8 Å². The molecule has 10 nitrogen and oxygen atoms in total. The van der Waals surface area contributed by atoms with Crippen molar-refractivity contribution in [3.05, 3.63) is 35.9 Å². The molecule has 196 valence electrons. The van der Waals surface area contributed by atoms with E-state index in [1.165, 1.54) is 31.7 Å². The smallest absolute Gasteiger partial charge is 0.257 e. The van der Waals surface area contributed by atoms with Crippen molar-refractivity contribution in [2.45, 2.75) is 24.2 Å². The number of benzene rings is 2. The zero-order valence-corrected chi connectivity index (χ0v) is 21.7. The van der Waals surface area contributed by atoms with Gasteiger partial charge in [0, 0.05) is 49.7 Å². The molecule has 2 heterocycles. The van der Waals surface area contributed by atoms with Crippen molar-refractivity contribution in [3.8, 4) is 17.2 Å². The highest BCUT2D eigenvalue weighted by Crippen LogP contribution is 2.40. The third-order valence-electron chi connectivity index (χ3n) is 6.44. The lowest BCUT2D eigenvalue weighted by atomic mass is 10.1. The van der Waals surface area contributed by atoms with Crippen LogP contribution in [-0.4, -0.2) is 79.4 Å². The molecule has 0 bridgehead atoms. The summed E-state index contributed by atoms with van der Waals surface area (Å²) < 4.78 is 49.8. The molecule has 0 aliphatic carbocycles. The molecule has 36 heavy (non-hydrogen) atoms. The number of sulfonamides is 1. The Morgan fingerprint density at radius 1 is 0.889 bits per heavy atom. The summed E-state index contributed by atoms with van der Waals surface area (Å²) in [5.74, 6) is 0.743. The number of amides is 1. The minimum atomic E-state index is -3.72. The highest BCUT2D eigenvalue weighted by atomic mass is 32.2. The number of carbonyl (C=O) groups is 1. The fraction of sp³-hybridized carbons (Fsp3) is 0.480. The summed E-state index contributed by atoms with van der Waals surface area (Å²) in [7, 11) is 0.775. The van der Waals surface area contributed by atoms with Crippen LogP contribution < -0.4 is 24.4 Å². The summed E-state index contributed by atoms with van der Waals surface area (Å²) in [4.78, 5) is 15.7. The van der Waals surface area contributed by atoms with Gasteiger partial charge in [-0.15, -0.1) is 0 Å². The van der Waals surface area contributed by atoms with E-state index < -0.39 is 15.9 Å². The fourth-order valence-corrected chi connectivity index (χ4v) is 6.09. The van der Waals surface area contributed by atoms with Crippen molar-refractivity contribution >= 4 is 27.3 Å². The van der Waals surface area contributed by atoms with Gasteiger partial charge in [0.25, 0.3) is 5.91 Å². The maximum absolute atomic E-state index is 13.6. The highest BCUT2D eigenvalue weighted by Gasteiger charge is 2.29. The summed E-state index contributed by atoms with van der Waals surface area (Å²) in [6.07, 6.45) is 2.68. The summed E-state index contributed by atoms with van der Waals surface area (Å²) >= 11 is 0. The molecule has 0 saturated carbocycles. The van der Waals surface area contributed by atoms with E-state index in [-0.39, 0.29) is 10.5 Å². The Hall–Kier alpha value is -3.02. The Bertz CT molecular complexity index is 1170. The number of morpholine rings is 1. The largest absolute Gasteiger partial charge is 0.493 e. The molecule has 0 atom stereocenters. The normalized spacial score (nSPS) is 16.9. The minimum absolute atomic E-state index is 0.108. The number of anilines is 2. The van der Waals surface area contributed by atoms with Gasteiger partial charge in [-0.1, -0.05) is 6.42 Å². The zero-order valence-electron chi connectivity index (χ0n) is 20.9. The van der Waals surface area contributed by atoms with Crippen LogP contribution in [0, 0.1) is 0 Å². The van der Waals surface area contributed by atoms with Crippen molar-refractivity contribution in [2.75, 3.05) is 70.9 Å². The van der Waals surface area contributed by atoms with Crippen molar-refractivity contribution in [2.24, 2.45) is 0 Å². The Morgan fingerprint density at radius 2 is 1.53 bits per heavy atom. The second-order valence-corrected chi connectivity index (χ2v) is 10.5. The molecule has 2 aliphatic rings. The third-order valence-corrected chi connectivity index (χ3v) is 8.33. The van der Waals surface area contributed by atoms with E-state index in [2.05, 4.69) is 5.32 Å². The zero-order chi connectivity index (χ0) is 25.7. The number of methoxy groups -OCH3 is 3. The average Bonchev–Trinajstić information content (AvgIpc) is 2.93. The lowest BCUT2D eigenvalue weighted by Gasteiger charge is -2.31. The van der Waals surface area contributed by atoms with Gasteiger partial charge in [-0.05, 0) is 31.0 Å². The Kier molecular flexibility index (Phi) is 8.22. The molecular formula is C25H33N3O7S. The van der Waals surface area contributed by atoms with Crippen LogP contribution in [0.2, 0.25) is 0 Å². The van der Waals surface area contributed by atoms with Gasteiger partial charge in [0.05, 0.1) is 45.0 Å². The monoisotopic (exact) mass is 519 g/mol. The lowest BCUT2D eigenvalue weighted by molar-refractivity contribution is 0.102. The van der Waals surface area contributed by atoms with Crippen LogP contribution in [0.25, 0.3) is 0 Å². The van der Waals surface area contributed by atoms with Gasteiger partial charge in [0.1, 0.15) is 0 Å². The predicted octanol–water partition coefficient (Wildman–Crippen LogP) is 2.98. The van der Waals surface area contributed by atoms with Gasteiger partial charge in [0.15, 0.2) is 11.5 Å². The quantitative estimate of drug-likeness (QED) is 0.567. The van der Waals surface area contributed by atoms with Crippen molar-refractivity contribution in [1.29, 1.82) is 0 Å². The number of nitrogens with one attached hydrogen (secondary N) is 1. The molecule has 2 aliphatic heterocycles. The molecule has 11 heteroatoms. The first-order valence-corrected chi connectivity index (χ1v) is 13.4. The standard InChI is InChI=1S/C25H33N3O7S/c1-32-22-15-18(16-23(33-2)24(22)34-3)26-25(29)20-17-19(36(30,31)28-9-5-4-6-10-28)7-8-21(20)27-11-13-35-14-12-27/h7-8,15-17H,4-6,9-14H2,1-3H3,(H,26,29). The number of hydrogen-bond acceptors (Lipinski definition) is 8. The third kappa shape index (κ3) is 5.37. The second-order valence-electron chi connectivity index (χ2n) is 8.61. The highest BCUT2D eigenvalue weighted by molar-refractivity contribution is 7.89. The first-order valence-electron chi connectivity index (χ1n) is 12.0. The van der Waals surface area contributed by atoms with Gasteiger partial charge in [-0.3, -0.25) is 4.79 Å². The first kappa shape index (κ1) is 26.1. The van der Waals surface area contributed by atoms with Crippen LogP contribution >= 0.6 is 0 Å². The topological polar surface area (TPSA) is 107 Å². The van der Waals surface area contributed by atoms with Crippen molar-refractivity contribution in [3.63, 3.8) is 0 Å². The van der Waals surface area contributed by atoms with E-state index in [0.717, 1.165) is 19.3 Å². The Balaban J connectivity index is 1.72. The molecule has 1 amide bonds. The molecule has 0 unspecified atom stereocenters. The van der Waals surface area contributed by atoms with E-state index >= 15 is 0 Å². The van der Waals surface area contributed by atoms with Crippen LogP contribution in [0.5, 0.6) is 17.2 Å². The van der Waals surface area contributed by atoms with E-state index in [4.69, 9.17) is 18.9 Å². The van der Waals surface area contributed by atoms with Crippen LogP contribution in [0.1, 0.15) is 29.6 Å². The lowest BCUT2D eigenvalue weighted by Crippen LogP contribution is -2.38. The molecule has 4 rings (SSSR count). The van der Waals surface area contributed by atoms with E-state index in [9.17, 15) is 13.2 Å². The van der Waals surface area contributed by atoms with Gasteiger partial charge in [-0.25, -0.2) is 8.42 Å². The van der Waals surface area contributed by atoms with Crippen LogP contribution in [0.4, 0.5) is 11.4 Å². The number of rotatable bonds is 8. The minimum Gasteiger partial charge on any atom is -0.493 e. The summed E-state index contributed by atoms with van der Waals surface area (Å²) in [6, 6.07) is 8.03. The Labute approximate surface area is 212 Å². The van der Waals surface area contributed by atoms with Gasteiger partial charge in [0.2, 0.25) is 15.8 Å². The first-order chi connectivity index (χ1) is 17.4. The fourth-order valence-electron chi connectivity index (χ4n) is 4.54. The number of carbonyl (C=O) groups excluding carboxylic acids is 1. The van der Waals surface area contributed by atoms with E-state index in [1.54, 1.807) is 24.3 Å². The van der Waals surface area contributed by atoms with E-state index in [1.807, 2.05) is 4.90 Å². The number of hydrogen-bond donors (Lipinski definition) is 1. The molecular weight excluding hydrogens is 486 g/mol. The number of nitrogens with zero attached hydrogens (tertiary/aromatic N) is 2. The van der Waals surface area contributed by atoms with Crippen LogP contribution in [0.3, 0.4) is 0 Å². The molecule has 0 radical (unpaired) electrons. The maximum Gasteiger partial charge on any atom is 0.257 e. The maximum atomic E-state index is 13.6. The summed E-state index contributed by atoms with van der Waals surface area (Å²) in [5, 5.41) is 2.88. The number of piperidine rings is 1. The molecule has 0 spiro atoms. The molecule has 2 aromatic rings. The van der Waals surface area contributed by atoms with E-state index in [0.29, 0.717) is 68.0 Å². The Morgan fingerprint density at radius 3 is 2.11 bits per heavy atom. The number of ether oxygens (including phenoxy) is 4. The SMILES string of the molecule is COc1cc(NC(=O)c2cc(S(=O)(=O)N3CCCCC3)ccc2N2CCOCC2)cc(OC)c1OC. The predicted molar refractivity (Wildman–Crippen MR) is 136 cm³/mol.